The van der Waals surface area contributed by atoms with Gasteiger partial charge in [0.25, 0.3) is 0 Å². The first-order valence-electron chi connectivity index (χ1n) is 47.2. The molecular formula is C97H172O7. The maximum atomic E-state index is 6.39. The fourth-order valence-corrected chi connectivity index (χ4v) is 30.6. The van der Waals surface area contributed by atoms with Gasteiger partial charge in [-0.15, -0.1) is 0 Å². The zero-order chi connectivity index (χ0) is 73.9. The van der Waals surface area contributed by atoms with Crippen molar-refractivity contribution in [1.82, 2.24) is 0 Å². The van der Waals surface area contributed by atoms with Gasteiger partial charge in [0.1, 0.15) is 0 Å². The molecular weight excluding hydrogens is 1280 g/mol. The predicted octanol–water partition coefficient (Wildman–Crippen LogP) is 27.5. The lowest BCUT2D eigenvalue weighted by Gasteiger charge is -2.51. The molecule has 0 aromatic carbocycles. The van der Waals surface area contributed by atoms with Gasteiger partial charge in [-0.1, -0.05) is 171 Å². The third-order valence-corrected chi connectivity index (χ3v) is 35.9. The largest absolute Gasteiger partial charge is 0.377 e. The van der Waals surface area contributed by atoms with Crippen LogP contribution in [0.1, 0.15) is 438 Å². The Labute approximate surface area is 643 Å². The summed E-state index contributed by atoms with van der Waals surface area (Å²) < 4.78 is 43.0. The Balaban J connectivity index is 0.000000114. The Morgan fingerprint density at radius 1 is 0.173 bits per heavy atom. The number of ether oxygens (including phenoxy) is 7. The van der Waals surface area contributed by atoms with Crippen LogP contribution in [0.5, 0.6) is 0 Å². The third kappa shape index (κ3) is 16.3. The van der Waals surface area contributed by atoms with Gasteiger partial charge < -0.3 is 33.2 Å². The SMILES string of the molecule is CCOC1C(C)(C)C2CCCC2C1(C)C.CCOC1C(C)(C)CCC12CCCC2.CCOC1C(C)(C)CCC12CCCCC2.CCOC1C2(CC2)CCC12CC2.CCOC1C2(CCC2)CCC12CCC2.CCOC1C2(CCCC2)CCC12CCCC2.CCOC1C2(CCCCC2)CCC12CCCCC2. The minimum atomic E-state index is 0.376. The Bertz CT molecular complexity index is 2470. The normalized spacial score (nSPS) is 34.2. The maximum Gasteiger partial charge on any atom is 0.0687 e. The van der Waals surface area contributed by atoms with Crippen LogP contribution in [0.15, 0.2) is 0 Å². The number of hydrogen-bond acceptors (Lipinski definition) is 7. The highest BCUT2D eigenvalue weighted by Crippen LogP contribution is 2.73. The van der Waals surface area contributed by atoms with Crippen molar-refractivity contribution in [1.29, 1.82) is 0 Å². The van der Waals surface area contributed by atoms with Crippen LogP contribution in [0, 0.1) is 87.6 Å². The van der Waals surface area contributed by atoms with Crippen LogP contribution in [0.2, 0.25) is 0 Å². The molecule has 0 radical (unpaired) electrons. The summed E-state index contributed by atoms with van der Waals surface area (Å²) in [5.74, 6) is 1.79. The van der Waals surface area contributed by atoms with Crippen molar-refractivity contribution >= 4 is 0 Å². The first kappa shape index (κ1) is 83.2. The molecule has 0 aromatic rings. The maximum absolute atomic E-state index is 6.39. The van der Waals surface area contributed by atoms with Gasteiger partial charge in [-0.25, -0.2) is 0 Å². The van der Waals surface area contributed by atoms with E-state index in [2.05, 4.69) is 104 Å². The molecule has 18 rings (SSSR count). The second kappa shape index (κ2) is 34.0. The van der Waals surface area contributed by atoms with E-state index in [1.807, 2.05) is 0 Å². The van der Waals surface area contributed by atoms with E-state index in [1.54, 1.807) is 0 Å². The van der Waals surface area contributed by atoms with Crippen molar-refractivity contribution in [2.75, 3.05) is 46.2 Å². The summed E-state index contributed by atoms with van der Waals surface area (Å²) >= 11 is 0. The van der Waals surface area contributed by atoms with E-state index in [0.29, 0.717) is 119 Å². The van der Waals surface area contributed by atoms with Crippen LogP contribution in [-0.2, 0) is 33.2 Å². The molecule has 0 bridgehead atoms. The van der Waals surface area contributed by atoms with Crippen LogP contribution in [-0.4, -0.2) is 89.0 Å². The molecule has 4 unspecified atom stereocenters. The van der Waals surface area contributed by atoms with Gasteiger partial charge in [0, 0.05) is 46.2 Å². The summed E-state index contributed by atoms with van der Waals surface area (Å²) in [5.41, 5.74) is 7.77. The average molecular weight is 1450 g/mol. The first-order valence-corrected chi connectivity index (χ1v) is 47.2. The smallest absolute Gasteiger partial charge is 0.0687 e. The molecule has 10 spiro atoms. The van der Waals surface area contributed by atoms with Gasteiger partial charge in [-0.2, -0.15) is 0 Å². The highest BCUT2D eigenvalue weighted by molar-refractivity contribution is 5.19. The standard InChI is InChI=1S/C17H30O.C15H26O.2C14H26O.C13H22O.C13H24O.C11H18O/c1-2-18-15-16(9-5-3-6-10-16)13-14-17(15)11-7-4-8-12-17;1-2-16-13-14(7-3-4-8-14)11-12-15(13)9-5-6-10-15;1-6-15-12-13(2,3)10-8-7-9-11(10)14(12,4)5;1-4-15-12-13(2,3)10-11-14(12)8-6-5-7-9-14;1-2-14-11-12(5-3-6-12)9-10-13(11)7-4-8-13;1-4-14-11-12(2,3)9-10-13(11)7-5-6-8-13;1-2-12-9-10(3-4-10)7-8-11(9)5-6-11/h15H,2-14H2,1H3;13H,2-12H2,1H3;10-12H,6-9H2,1-5H3;12H,4-11H2,1-3H3;11H,2-10H2,1H3;11H,4-10H2,1-3H3;9H,2-8H2,1H3. The van der Waals surface area contributed by atoms with Crippen molar-refractivity contribution in [2.24, 2.45) is 87.6 Å². The molecule has 18 aliphatic carbocycles. The van der Waals surface area contributed by atoms with Crippen molar-refractivity contribution < 1.29 is 33.2 Å². The Hall–Kier alpha value is -0.280. The Morgan fingerprint density at radius 2 is 0.337 bits per heavy atom. The van der Waals surface area contributed by atoms with E-state index in [9.17, 15) is 0 Å². The van der Waals surface area contributed by atoms with Crippen LogP contribution in [0.25, 0.3) is 0 Å². The second-order valence-electron chi connectivity index (χ2n) is 43.2. The summed E-state index contributed by atoms with van der Waals surface area (Å²) in [6.07, 6.45) is 79.3. The van der Waals surface area contributed by atoms with E-state index in [-0.39, 0.29) is 0 Å². The molecule has 18 saturated carbocycles. The highest BCUT2D eigenvalue weighted by Gasteiger charge is 2.68. The predicted molar refractivity (Wildman–Crippen MR) is 434 cm³/mol. The van der Waals surface area contributed by atoms with Gasteiger partial charge >= 0.3 is 0 Å². The molecule has 0 heterocycles. The van der Waals surface area contributed by atoms with Gasteiger partial charge in [0.2, 0.25) is 0 Å². The Kier molecular flexibility index (Phi) is 27.2. The molecule has 18 fully saturated rings. The molecule has 104 heavy (non-hydrogen) atoms. The summed E-state index contributed by atoms with van der Waals surface area (Å²) in [7, 11) is 0. The van der Waals surface area contributed by atoms with Gasteiger partial charge in [0.05, 0.1) is 42.7 Å². The van der Waals surface area contributed by atoms with Crippen molar-refractivity contribution in [3.05, 3.63) is 0 Å². The van der Waals surface area contributed by atoms with Gasteiger partial charge in [-0.05, 0) is 354 Å². The van der Waals surface area contributed by atoms with Gasteiger partial charge in [0.15, 0.2) is 0 Å². The second-order valence-corrected chi connectivity index (χ2v) is 43.2. The fourth-order valence-electron chi connectivity index (χ4n) is 30.6. The molecule has 18 aliphatic rings. The van der Waals surface area contributed by atoms with Crippen molar-refractivity contribution in [3.63, 3.8) is 0 Å². The topological polar surface area (TPSA) is 64.6 Å². The minimum absolute atomic E-state index is 0.376. The number of fused-ring (bicyclic) bond motifs is 1. The molecule has 4 atom stereocenters. The molecule has 602 valence electrons. The lowest BCUT2D eigenvalue weighted by Crippen LogP contribution is -2.48. The van der Waals surface area contributed by atoms with Crippen LogP contribution < -0.4 is 0 Å². The first-order chi connectivity index (χ1) is 49.9. The van der Waals surface area contributed by atoms with Crippen LogP contribution in [0.3, 0.4) is 0 Å². The van der Waals surface area contributed by atoms with E-state index < -0.39 is 0 Å². The lowest BCUT2D eigenvalue weighted by atomic mass is 9.59. The summed E-state index contributed by atoms with van der Waals surface area (Å²) in [5, 5.41) is 0. The monoisotopic (exact) mass is 1450 g/mol. The van der Waals surface area contributed by atoms with Gasteiger partial charge in [-0.3, -0.25) is 0 Å². The molecule has 0 N–H and O–H groups in total. The summed E-state index contributed by atoms with van der Waals surface area (Å²) in [4.78, 5) is 0. The summed E-state index contributed by atoms with van der Waals surface area (Å²) in [6, 6.07) is 0. The Morgan fingerprint density at radius 3 is 0.538 bits per heavy atom. The quantitative estimate of drug-likeness (QED) is 0.172. The number of hydrogen-bond donors (Lipinski definition) is 0. The molecule has 0 aliphatic heterocycles. The molecule has 7 nitrogen and oxygen atoms in total. The van der Waals surface area contributed by atoms with E-state index in [4.69, 9.17) is 33.2 Å². The zero-order valence-electron chi connectivity index (χ0n) is 71.8. The minimum Gasteiger partial charge on any atom is -0.377 e. The van der Waals surface area contributed by atoms with E-state index in [0.717, 1.165) is 58.1 Å². The summed E-state index contributed by atoms with van der Waals surface area (Å²) in [6.45, 7) is 40.7. The molecule has 7 heteroatoms. The zero-order valence-corrected chi connectivity index (χ0v) is 71.8. The molecule has 0 saturated heterocycles. The number of rotatable bonds is 14. The van der Waals surface area contributed by atoms with Crippen LogP contribution in [0.4, 0.5) is 0 Å². The van der Waals surface area contributed by atoms with E-state index in [1.165, 1.54) is 334 Å². The lowest BCUT2D eigenvalue weighted by molar-refractivity contribution is -0.130. The van der Waals surface area contributed by atoms with Crippen LogP contribution >= 0.6 is 0 Å². The average Bonchev–Trinajstić information content (AvgIpc) is 1.52. The van der Waals surface area contributed by atoms with Crippen molar-refractivity contribution in [2.45, 2.75) is 480 Å². The molecule has 0 aromatic heterocycles. The molecule has 0 amide bonds. The fraction of sp³-hybridized carbons (Fsp3) is 1.00. The third-order valence-electron chi connectivity index (χ3n) is 35.9. The van der Waals surface area contributed by atoms with Crippen molar-refractivity contribution in [3.8, 4) is 0 Å². The highest BCUT2D eigenvalue weighted by atomic mass is 16.5. The van der Waals surface area contributed by atoms with E-state index >= 15 is 0 Å².